The largest absolute Gasteiger partial charge is 1.00 e. The number of benzene rings is 2. The van der Waals surface area contributed by atoms with Crippen molar-refractivity contribution in [1.29, 1.82) is 0 Å². The molecule has 30 heavy (non-hydrogen) atoms. The molecule has 0 saturated heterocycles. The van der Waals surface area contributed by atoms with E-state index in [9.17, 15) is 24.9 Å². The predicted octanol–water partition coefficient (Wildman–Crippen LogP) is -4.07. The number of carboxylic acid groups (broad SMARTS) is 2. The number of carboxylic acids is 2. The molecule has 0 saturated carbocycles. The number of hydrogen-bond acceptors (Lipinski definition) is 8. The number of rotatable bonds is 8. The molecule has 0 radical (unpaired) electrons. The molecule has 8 nitrogen and oxygen atoms in total. The van der Waals surface area contributed by atoms with E-state index in [2.05, 4.69) is 5.32 Å². The van der Waals surface area contributed by atoms with Gasteiger partial charge in [-0.1, -0.05) is 41.5 Å². The van der Waals surface area contributed by atoms with Gasteiger partial charge in [0.05, 0.1) is 0 Å². The second-order valence-corrected chi connectivity index (χ2v) is 7.17. The third-order valence-electron chi connectivity index (χ3n) is 4.47. The molecule has 2 aromatic rings. The minimum Gasteiger partial charge on any atom is -0.848 e. The molecular weight excluding hydrogens is 425 g/mol. The van der Waals surface area contributed by atoms with E-state index in [0.29, 0.717) is 17.0 Å². The number of carbonyl (C=O) groups is 2. The molecule has 0 amide bonds. The molecular formula is C20H17ClNNaO7-2. The van der Waals surface area contributed by atoms with Crippen molar-refractivity contribution in [3.8, 4) is 11.5 Å². The summed E-state index contributed by atoms with van der Waals surface area (Å²) in [6, 6.07) is 11.2. The summed E-state index contributed by atoms with van der Waals surface area (Å²) in [5, 5.41) is 38.3. The molecule has 0 bridgehead atoms. The standard InChI is InChI=1S/C20H19ClNO7.Na/c1-11(22-10-15(23)13-3-2-4-14(21)9-13)7-12-5-6-16-17(8-12)29-20(28-16,18(24)25)19(26)27;/h2-6,8-9,11,15,22H,7,10H2,1H3,(H,24,25)(H,26,27);/q-1;+1/p-2. The van der Waals surface area contributed by atoms with Gasteiger partial charge in [-0.3, -0.25) is 0 Å². The molecule has 0 spiro atoms. The van der Waals surface area contributed by atoms with E-state index < -0.39 is 23.8 Å². The Balaban J connectivity index is 0.00000320. The summed E-state index contributed by atoms with van der Waals surface area (Å²) in [6.45, 7) is 2.06. The van der Waals surface area contributed by atoms with Crippen molar-refractivity contribution in [3.05, 3.63) is 58.6 Å². The molecule has 154 valence electrons. The summed E-state index contributed by atoms with van der Waals surface area (Å²) >= 11 is 5.90. The summed E-state index contributed by atoms with van der Waals surface area (Å²) in [5.41, 5.74) is 1.31. The zero-order valence-electron chi connectivity index (χ0n) is 16.3. The van der Waals surface area contributed by atoms with Gasteiger partial charge in [0, 0.05) is 11.1 Å². The molecule has 2 aromatic carbocycles. The Hall–Kier alpha value is -1.81. The zero-order valence-corrected chi connectivity index (χ0v) is 19.1. The Labute approximate surface area is 200 Å². The first-order valence-corrected chi connectivity index (χ1v) is 9.17. The summed E-state index contributed by atoms with van der Waals surface area (Å²) in [4.78, 5) is 22.3. The minimum absolute atomic E-state index is 0. The van der Waals surface area contributed by atoms with E-state index in [1.54, 1.807) is 30.3 Å². The van der Waals surface area contributed by atoms with Crippen LogP contribution in [0.5, 0.6) is 11.5 Å². The van der Waals surface area contributed by atoms with Crippen LogP contribution in [0.1, 0.15) is 24.2 Å². The Morgan fingerprint density at radius 1 is 1.10 bits per heavy atom. The first kappa shape index (κ1) is 24.5. The molecule has 3 rings (SSSR count). The van der Waals surface area contributed by atoms with Crippen LogP contribution in [0.2, 0.25) is 5.02 Å². The summed E-state index contributed by atoms with van der Waals surface area (Å²) in [5.74, 6) is -7.20. The number of nitrogens with one attached hydrogen (secondary N) is 1. The van der Waals surface area contributed by atoms with Gasteiger partial charge in [-0.2, -0.15) is 0 Å². The maximum atomic E-state index is 12.3. The first-order chi connectivity index (χ1) is 13.7. The van der Waals surface area contributed by atoms with Crippen molar-refractivity contribution in [2.75, 3.05) is 6.54 Å². The van der Waals surface area contributed by atoms with Crippen LogP contribution >= 0.6 is 11.6 Å². The van der Waals surface area contributed by atoms with Crippen molar-refractivity contribution in [2.24, 2.45) is 0 Å². The van der Waals surface area contributed by atoms with Gasteiger partial charge in [0.25, 0.3) is 0 Å². The fraction of sp³-hybridized carbons (Fsp3) is 0.300. The maximum absolute atomic E-state index is 12.3. The molecule has 0 aromatic heterocycles. The molecule has 1 aliphatic rings. The van der Waals surface area contributed by atoms with Crippen LogP contribution in [0.4, 0.5) is 0 Å². The third kappa shape index (κ3) is 5.26. The maximum Gasteiger partial charge on any atom is 1.00 e. The van der Waals surface area contributed by atoms with Crippen LogP contribution in [0, 0.1) is 0 Å². The number of aliphatic carboxylic acids is 2. The van der Waals surface area contributed by atoms with E-state index in [1.807, 2.05) is 6.92 Å². The van der Waals surface area contributed by atoms with Crippen molar-refractivity contribution in [1.82, 2.24) is 5.32 Å². The topological polar surface area (TPSA) is 134 Å². The van der Waals surface area contributed by atoms with Crippen molar-refractivity contribution < 1.29 is 63.9 Å². The number of hydrogen-bond donors (Lipinski definition) is 1. The summed E-state index contributed by atoms with van der Waals surface area (Å²) in [6.07, 6.45) is -0.512. The van der Waals surface area contributed by atoms with Gasteiger partial charge < -0.3 is 39.7 Å². The Morgan fingerprint density at radius 3 is 2.40 bits per heavy atom. The second kappa shape index (κ2) is 10.00. The third-order valence-corrected chi connectivity index (χ3v) is 4.70. The SMILES string of the molecule is CC(Cc1ccc2c(c1)OC(C(=O)[O-])(C(=O)[O-])O2)NCC([O-])c1cccc(Cl)c1.[Na+]. The predicted molar refractivity (Wildman–Crippen MR) is 95.8 cm³/mol. The smallest absolute Gasteiger partial charge is 0.848 e. The van der Waals surface area contributed by atoms with Crippen LogP contribution in [0.15, 0.2) is 42.5 Å². The van der Waals surface area contributed by atoms with Crippen LogP contribution in [-0.2, 0) is 16.0 Å². The Bertz CT molecular complexity index is 925. The Kier molecular flexibility index (Phi) is 8.15. The normalized spacial score (nSPS) is 15.7. The number of carbonyl (C=O) groups excluding carboxylic acids is 2. The van der Waals surface area contributed by atoms with Crippen LogP contribution in [-0.4, -0.2) is 30.3 Å². The molecule has 10 heteroatoms. The average molecular weight is 442 g/mol. The van der Waals surface area contributed by atoms with Crippen molar-refractivity contribution in [3.63, 3.8) is 0 Å². The molecule has 1 aliphatic heterocycles. The van der Waals surface area contributed by atoms with Gasteiger partial charge in [-0.25, -0.2) is 0 Å². The van der Waals surface area contributed by atoms with Gasteiger partial charge in [0.1, 0.15) is 11.9 Å². The summed E-state index contributed by atoms with van der Waals surface area (Å²) < 4.78 is 9.88. The zero-order chi connectivity index (χ0) is 21.2. The van der Waals surface area contributed by atoms with Crippen LogP contribution in [0.3, 0.4) is 0 Å². The fourth-order valence-corrected chi connectivity index (χ4v) is 3.18. The first-order valence-electron chi connectivity index (χ1n) is 8.80. The van der Waals surface area contributed by atoms with E-state index >= 15 is 0 Å². The van der Waals surface area contributed by atoms with Crippen molar-refractivity contribution >= 4 is 23.5 Å². The summed E-state index contributed by atoms with van der Waals surface area (Å²) in [7, 11) is 0. The number of ether oxygens (including phenoxy) is 2. The van der Waals surface area contributed by atoms with E-state index in [4.69, 9.17) is 21.1 Å². The van der Waals surface area contributed by atoms with Gasteiger partial charge >= 0.3 is 35.3 Å². The second-order valence-electron chi connectivity index (χ2n) is 6.73. The minimum atomic E-state index is -3.00. The fourth-order valence-electron chi connectivity index (χ4n) is 2.98. The van der Waals surface area contributed by atoms with Crippen molar-refractivity contribution in [2.45, 2.75) is 31.3 Å². The molecule has 2 atom stereocenters. The molecule has 2 unspecified atom stereocenters. The van der Waals surface area contributed by atoms with Gasteiger partial charge in [0.15, 0.2) is 11.5 Å². The average Bonchev–Trinajstić information content (AvgIpc) is 3.06. The Morgan fingerprint density at radius 2 is 1.77 bits per heavy atom. The van der Waals surface area contributed by atoms with E-state index in [0.717, 1.165) is 5.56 Å². The number of fused-ring (bicyclic) bond motifs is 1. The molecule has 0 fully saturated rings. The van der Waals surface area contributed by atoms with E-state index in [-0.39, 0.29) is 53.6 Å². The van der Waals surface area contributed by atoms with Gasteiger partial charge in [0.2, 0.25) is 0 Å². The molecule has 1 N–H and O–H groups in total. The van der Waals surface area contributed by atoms with Crippen LogP contribution in [0.25, 0.3) is 0 Å². The molecule has 0 aliphatic carbocycles. The van der Waals surface area contributed by atoms with E-state index in [1.165, 1.54) is 12.1 Å². The molecule has 1 heterocycles. The monoisotopic (exact) mass is 441 g/mol. The quantitative estimate of drug-likeness (QED) is 0.323. The number of halogens is 1. The van der Waals surface area contributed by atoms with Crippen LogP contribution < -0.4 is 59.7 Å². The van der Waals surface area contributed by atoms with Gasteiger partial charge in [-0.15, -0.1) is 0 Å². The van der Waals surface area contributed by atoms with Gasteiger partial charge in [-0.05, 0) is 49.7 Å².